The molecular formula is C24H30O4S. The molecule has 0 aromatic heterocycles. The van der Waals surface area contributed by atoms with Crippen LogP contribution in [-0.2, 0) is 14.6 Å². The maximum Gasteiger partial charge on any atom is 0.175 e. The largest absolute Gasteiger partial charge is 0.390 e. The second-order valence-electron chi connectivity index (χ2n) is 8.69. The molecule has 1 N–H and O–H groups in total. The van der Waals surface area contributed by atoms with Crippen LogP contribution in [0.25, 0.3) is 0 Å². The van der Waals surface area contributed by atoms with Crippen LogP contribution in [0, 0.1) is 12.8 Å². The molecule has 1 aliphatic carbocycles. The topological polar surface area (TPSA) is 71.4 Å². The van der Waals surface area contributed by atoms with Crippen molar-refractivity contribution in [2.75, 3.05) is 6.26 Å². The van der Waals surface area contributed by atoms with Crippen LogP contribution in [0.15, 0.2) is 53.4 Å². The van der Waals surface area contributed by atoms with Gasteiger partial charge in [-0.25, -0.2) is 8.42 Å². The first-order valence-electron chi connectivity index (χ1n) is 10.2. The third-order valence-electron chi connectivity index (χ3n) is 6.20. The fourth-order valence-corrected chi connectivity index (χ4v) is 4.89. The molecule has 0 saturated heterocycles. The molecule has 2 aromatic rings. The first kappa shape index (κ1) is 21.7. The summed E-state index contributed by atoms with van der Waals surface area (Å²) in [5.41, 5.74) is 2.50. The highest BCUT2D eigenvalue weighted by atomic mass is 32.2. The summed E-state index contributed by atoms with van der Waals surface area (Å²) in [4.78, 5) is 13.4. The number of aryl methyl sites for hydroxylation is 1. The van der Waals surface area contributed by atoms with E-state index in [0.29, 0.717) is 19.3 Å². The van der Waals surface area contributed by atoms with Crippen molar-refractivity contribution in [1.29, 1.82) is 0 Å². The molecule has 0 aliphatic heterocycles. The second kappa shape index (κ2) is 8.41. The van der Waals surface area contributed by atoms with E-state index in [2.05, 4.69) is 0 Å². The summed E-state index contributed by atoms with van der Waals surface area (Å²) in [5, 5.41) is 10.2. The number of hydrogen-bond acceptors (Lipinski definition) is 4. The van der Waals surface area contributed by atoms with E-state index in [1.165, 1.54) is 6.26 Å². The van der Waals surface area contributed by atoms with Gasteiger partial charge in [-0.2, -0.15) is 0 Å². The average molecular weight is 415 g/mol. The van der Waals surface area contributed by atoms with Crippen molar-refractivity contribution in [3.63, 3.8) is 0 Å². The number of rotatable bonds is 6. The molecule has 0 heterocycles. The number of aliphatic hydroxyl groups is 1. The van der Waals surface area contributed by atoms with E-state index in [1.54, 1.807) is 12.1 Å². The van der Waals surface area contributed by atoms with Gasteiger partial charge >= 0.3 is 0 Å². The highest BCUT2D eigenvalue weighted by Gasteiger charge is 2.33. The van der Waals surface area contributed by atoms with Crippen molar-refractivity contribution in [2.45, 2.75) is 62.4 Å². The molecule has 0 spiro atoms. The van der Waals surface area contributed by atoms with Crippen LogP contribution in [0.2, 0.25) is 0 Å². The van der Waals surface area contributed by atoms with Gasteiger partial charge in [0.15, 0.2) is 9.84 Å². The maximum absolute atomic E-state index is 13.1. The summed E-state index contributed by atoms with van der Waals surface area (Å²) in [5.74, 6) is 0.0951. The Hall–Kier alpha value is -1.98. The fraction of sp³-hybridized carbons (Fsp3) is 0.458. The fourth-order valence-electron chi connectivity index (χ4n) is 4.26. The van der Waals surface area contributed by atoms with Crippen LogP contribution in [0.5, 0.6) is 0 Å². The summed E-state index contributed by atoms with van der Waals surface area (Å²) >= 11 is 0. The Labute approximate surface area is 173 Å². The van der Waals surface area contributed by atoms with Gasteiger partial charge in [0.1, 0.15) is 5.78 Å². The minimum atomic E-state index is -3.26. The average Bonchev–Trinajstić information content (AvgIpc) is 2.66. The lowest BCUT2D eigenvalue weighted by Crippen LogP contribution is -2.33. The van der Waals surface area contributed by atoms with Crippen molar-refractivity contribution in [3.05, 3.63) is 65.2 Å². The first-order chi connectivity index (χ1) is 13.6. The maximum atomic E-state index is 13.1. The first-order valence-corrected chi connectivity index (χ1v) is 12.1. The summed E-state index contributed by atoms with van der Waals surface area (Å²) in [6.45, 7) is 3.88. The lowest BCUT2D eigenvalue weighted by molar-refractivity contribution is -0.125. The Balaban J connectivity index is 1.88. The van der Waals surface area contributed by atoms with E-state index in [4.69, 9.17) is 0 Å². The molecule has 1 unspecified atom stereocenters. The van der Waals surface area contributed by atoms with E-state index >= 15 is 0 Å². The summed E-state index contributed by atoms with van der Waals surface area (Å²) in [6, 6.07) is 14.9. The van der Waals surface area contributed by atoms with Gasteiger partial charge in [0.05, 0.1) is 10.5 Å². The molecule has 0 amide bonds. The quantitative estimate of drug-likeness (QED) is 0.759. The smallest absolute Gasteiger partial charge is 0.175 e. The standard InChI is InChI=1S/C24H30O4S/c1-17-6-4-5-7-21(17)22(18-8-10-20(11-9-18)29(3,27)28)16-23(25)19-12-14-24(2,26)15-13-19/h4-11,19,22,26H,12-16H2,1-3H3/t19-,22?,24+. The van der Waals surface area contributed by atoms with Crippen LogP contribution in [0.3, 0.4) is 0 Å². The highest BCUT2D eigenvalue weighted by Crippen LogP contribution is 2.37. The minimum Gasteiger partial charge on any atom is -0.390 e. The predicted molar refractivity (Wildman–Crippen MR) is 115 cm³/mol. The lowest BCUT2D eigenvalue weighted by atomic mass is 9.75. The summed E-state index contributed by atoms with van der Waals surface area (Å²) < 4.78 is 23.6. The van der Waals surface area contributed by atoms with Gasteiger partial charge in [-0.1, -0.05) is 36.4 Å². The van der Waals surface area contributed by atoms with Gasteiger partial charge in [-0.05, 0) is 68.4 Å². The van der Waals surface area contributed by atoms with E-state index in [0.717, 1.165) is 29.5 Å². The Morgan fingerprint density at radius 1 is 1.10 bits per heavy atom. The molecule has 1 fully saturated rings. The van der Waals surface area contributed by atoms with Gasteiger partial charge in [0.25, 0.3) is 0 Å². The molecule has 1 atom stereocenters. The van der Waals surface area contributed by atoms with Gasteiger partial charge in [0.2, 0.25) is 0 Å². The molecule has 1 aliphatic rings. The van der Waals surface area contributed by atoms with Crippen LogP contribution in [0.4, 0.5) is 0 Å². The third-order valence-corrected chi connectivity index (χ3v) is 7.33. The molecule has 2 aromatic carbocycles. The van der Waals surface area contributed by atoms with E-state index < -0.39 is 15.4 Å². The zero-order valence-electron chi connectivity index (χ0n) is 17.4. The van der Waals surface area contributed by atoms with E-state index in [-0.39, 0.29) is 22.5 Å². The molecule has 0 radical (unpaired) electrons. The highest BCUT2D eigenvalue weighted by molar-refractivity contribution is 7.90. The lowest BCUT2D eigenvalue weighted by Gasteiger charge is -2.33. The predicted octanol–water partition coefficient (Wildman–Crippen LogP) is 4.43. The molecule has 0 bridgehead atoms. The number of carbonyl (C=O) groups excluding carboxylic acids is 1. The molecule has 1 saturated carbocycles. The van der Waals surface area contributed by atoms with Crippen molar-refractivity contribution >= 4 is 15.6 Å². The van der Waals surface area contributed by atoms with Gasteiger partial charge in [-0.3, -0.25) is 4.79 Å². The Morgan fingerprint density at radius 3 is 2.24 bits per heavy atom. The summed E-state index contributed by atoms with van der Waals surface area (Å²) in [6.07, 6.45) is 4.33. The van der Waals surface area contributed by atoms with Gasteiger partial charge < -0.3 is 5.11 Å². The number of carbonyl (C=O) groups is 1. The number of hydrogen-bond donors (Lipinski definition) is 1. The third kappa shape index (κ3) is 5.34. The van der Waals surface area contributed by atoms with Gasteiger partial charge in [-0.15, -0.1) is 0 Å². The van der Waals surface area contributed by atoms with E-state index in [1.807, 2.05) is 50.2 Å². The number of sulfone groups is 1. The van der Waals surface area contributed by atoms with Crippen molar-refractivity contribution in [3.8, 4) is 0 Å². The molecule has 29 heavy (non-hydrogen) atoms. The molecule has 3 rings (SSSR count). The van der Waals surface area contributed by atoms with Crippen LogP contribution in [-0.4, -0.2) is 31.2 Å². The normalized spacial score (nSPS) is 23.5. The van der Waals surface area contributed by atoms with Crippen LogP contribution >= 0.6 is 0 Å². The zero-order chi connectivity index (χ0) is 21.2. The van der Waals surface area contributed by atoms with Crippen LogP contribution in [0.1, 0.15) is 61.6 Å². The molecule has 156 valence electrons. The Bertz CT molecular complexity index is 964. The number of Topliss-reactive ketones (excluding diaryl/α,β-unsaturated/α-hetero) is 1. The van der Waals surface area contributed by atoms with Crippen molar-refractivity contribution in [1.82, 2.24) is 0 Å². The van der Waals surface area contributed by atoms with Crippen molar-refractivity contribution in [2.24, 2.45) is 5.92 Å². The Kier molecular flexibility index (Phi) is 6.30. The number of benzene rings is 2. The minimum absolute atomic E-state index is 0.0166. The zero-order valence-corrected chi connectivity index (χ0v) is 18.2. The van der Waals surface area contributed by atoms with Crippen molar-refractivity contribution < 1.29 is 18.3 Å². The molecule has 4 nitrogen and oxygen atoms in total. The van der Waals surface area contributed by atoms with E-state index in [9.17, 15) is 18.3 Å². The van der Waals surface area contributed by atoms with Crippen LogP contribution < -0.4 is 0 Å². The summed E-state index contributed by atoms with van der Waals surface area (Å²) in [7, 11) is -3.26. The second-order valence-corrected chi connectivity index (χ2v) is 10.7. The Morgan fingerprint density at radius 2 is 1.69 bits per heavy atom. The van der Waals surface area contributed by atoms with Gasteiger partial charge in [0, 0.05) is 24.5 Å². The monoisotopic (exact) mass is 414 g/mol. The molecular weight excluding hydrogens is 384 g/mol. The molecule has 5 heteroatoms. The number of ketones is 1. The SMILES string of the molecule is Cc1ccccc1C(CC(=O)[C@H]1CC[C@@](C)(O)CC1)c1ccc(S(C)(=O)=O)cc1.